The van der Waals surface area contributed by atoms with Crippen LogP contribution >= 0.6 is 0 Å². The molecule has 1 saturated carbocycles. The first kappa shape index (κ1) is 9.47. The van der Waals surface area contributed by atoms with Gasteiger partial charge in [0.2, 0.25) is 0 Å². The summed E-state index contributed by atoms with van der Waals surface area (Å²) in [5.41, 5.74) is 0. The van der Waals surface area contributed by atoms with Gasteiger partial charge in [-0.25, -0.2) is 0 Å². The number of hydroxylamine groups is 2. The predicted molar refractivity (Wildman–Crippen MR) is 52.7 cm³/mol. The highest BCUT2D eigenvalue weighted by atomic mass is 16.5. The van der Waals surface area contributed by atoms with Crippen molar-refractivity contribution in [2.24, 2.45) is 5.92 Å². The first-order valence-electron chi connectivity index (χ1n) is 5.83. The third kappa shape index (κ3) is 2.23. The van der Waals surface area contributed by atoms with Crippen molar-refractivity contribution in [3.8, 4) is 0 Å². The van der Waals surface area contributed by atoms with Crippen molar-refractivity contribution >= 4 is 0 Å². The number of nitrogens with zero attached hydrogens (tertiary/aromatic N) is 1. The van der Waals surface area contributed by atoms with Gasteiger partial charge in [0.15, 0.2) is 0 Å². The van der Waals surface area contributed by atoms with Crippen LogP contribution in [0.5, 0.6) is 0 Å². The summed E-state index contributed by atoms with van der Waals surface area (Å²) < 4.78 is 0. The molecule has 2 nitrogen and oxygen atoms in total. The van der Waals surface area contributed by atoms with Gasteiger partial charge in [0, 0.05) is 12.6 Å². The summed E-state index contributed by atoms with van der Waals surface area (Å²) in [5, 5.41) is 11.4. The molecule has 0 bridgehead atoms. The molecule has 0 spiro atoms. The molecular formula is C11H21NO. The number of piperidine rings is 1. The highest BCUT2D eigenvalue weighted by Gasteiger charge is 2.29. The minimum Gasteiger partial charge on any atom is -0.314 e. The molecule has 2 rings (SSSR count). The molecule has 1 N–H and O–H groups in total. The zero-order valence-electron chi connectivity index (χ0n) is 8.41. The minimum atomic E-state index is 0.494. The van der Waals surface area contributed by atoms with Crippen LogP contribution in [0.2, 0.25) is 0 Å². The van der Waals surface area contributed by atoms with E-state index in [0.717, 1.165) is 12.5 Å². The zero-order chi connectivity index (χ0) is 9.10. The van der Waals surface area contributed by atoms with E-state index in [1.807, 2.05) is 0 Å². The molecule has 0 aromatic rings. The van der Waals surface area contributed by atoms with Crippen molar-refractivity contribution in [2.45, 2.75) is 57.4 Å². The molecule has 0 aromatic heterocycles. The molecule has 0 amide bonds. The van der Waals surface area contributed by atoms with Crippen LogP contribution in [0.15, 0.2) is 0 Å². The van der Waals surface area contributed by atoms with Gasteiger partial charge in [0.05, 0.1) is 0 Å². The molecule has 1 aliphatic carbocycles. The van der Waals surface area contributed by atoms with Crippen molar-refractivity contribution in [3.05, 3.63) is 0 Å². The summed E-state index contributed by atoms with van der Waals surface area (Å²) in [6, 6.07) is 0.494. The largest absolute Gasteiger partial charge is 0.314 e. The van der Waals surface area contributed by atoms with Gasteiger partial charge in [-0.3, -0.25) is 0 Å². The van der Waals surface area contributed by atoms with Crippen molar-refractivity contribution in [1.82, 2.24) is 5.06 Å². The molecule has 76 valence electrons. The van der Waals surface area contributed by atoms with Crippen LogP contribution < -0.4 is 0 Å². The van der Waals surface area contributed by atoms with Crippen LogP contribution in [0.4, 0.5) is 0 Å². The minimum absolute atomic E-state index is 0.494. The molecule has 1 heterocycles. The van der Waals surface area contributed by atoms with Gasteiger partial charge in [0.25, 0.3) is 0 Å². The Morgan fingerprint density at radius 3 is 2.23 bits per heavy atom. The van der Waals surface area contributed by atoms with E-state index in [2.05, 4.69) is 0 Å². The fraction of sp³-hybridized carbons (Fsp3) is 1.00. The molecule has 0 radical (unpaired) electrons. The Labute approximate surface area is 80.9 Å². The second-order valence-corrected chi connectivity index (χ2v) is 4.62. The fourth-order valence-electron chi connectivity index (χ4n) is 2.94. The van der Waals surface area contributed by atoms with E-state index in [0.29, 0.717) is 6.04 Å². The average molecular weight is 183 g/mol. The Morgan fingerprint density at radius 1 is 0.846 bits per heavy atom. The molecule has 2 fully saturated rings. The second-order valence-electron chi connectivity index (χ2n) is 4.62. The average Bonchev–Trinajstić information content (AvgIpc) is 2.20. The summed E-state index contributed by atoms with van der Waals surface area (Å²) in [7, 11) is 0. The predicted octanol–water partition coefficient (Wildman–Crippen LogP) is 2.81. The van der Waals surface area contributed by atoms with Gasteiger partial charge in [-0.15, -0.1) is 0 Å². The molecule has 2 aliphatic rings. The van der Waals surface area contributed by atoms with Crippen molar-refractivity contribution in [3.63, 3.8) is 0 Å². The van der Waals surface area contributed by atoms with Gasteiger partial charge in [0.1, 0.15) is 0 Å². The summed E-state index contributed by atoms with van der Waals surface area (Å²) in [6.45, 7) is 0.904. The van der Waals surface area contributed by atoms with Crippen LogP contribution in [0.3, 0.4) is 0 Å². The van der Waals surface area contributed by atoms with E-state index in [1.165, 1.54) is 51.4 Å². The van der Waals surface area contributed by atoms with E-state index in [4.69, 9.17) is 0 Å². The summed E-state index contributed by atoms with van der Waals surface area (Å²) in [4.78, 5) is 0. The topological polar surface area (TPSA) is 23.5 Å². The van der Waals surface area contributed by atoms with Gasteiger partial charge >= 0.3 is 0 Å². The van der Waals surface area contributed by atoms with Crippen LogP contribution in [-0.4, -0.2) is 22.9 Å². The molecule has 13 heavy (non-hydrogen) atoms. The first-order chi connectivity index (χ1) is 6.38. The zero-order valence-corrected chi connectivity index (χ0v) is 8.41. The normalized spacial score (nSPS) is 33.5. The van der Waals surface area contributed by atoms with E-state index >= 15 is 0 Å². The Hall–Kier alpha value is -0.0800. The second kappa shape index (κ2) is 4.43. The quantitative estimate of drug-likeness (QED) is 0.675. The molecule has 1 aliphatic heterocycles. The maximum Gasteiger partial charge on any atom is 0.0378 e. The lowest BCUT2D eigenvalue weighted by Crippen LogP contribution is -2.42. The lowest BCUT2D eigenvalue weighted by atomic mass is 9.81. The SMILES string of the molecule is ON1CCCCC1C1CCCCC1. The molecule has 0 aromatic carbocycles. The van der Waals surface area contributed by atoms with Crippen LogP contribution in [0, 0.1) is 5.92 Å². The highest BCUT2D eigenvalue weighted by molar-refractivity contribution is 4.81. The van der Waals surface area contributed by atoms with Crippen molar-refractivity contribution in [2.75, 3.05) is 6.54 Å². The lowest BCUT2D eigenvalue weighted by Gasteiger charge is -2.38. The van der Waals surface area contributed by atoms with Crippen LogP contribution in [0.25, 0.3) is 0 Å². The van der Waals surface area contributed by atoms with Gasteiger partial charge in [-0.05, 0) is 31.6 Å². The lowest BCUT2D eigenvalue weighted by molar-refractivity contribution is -0.159. The van der Waals surface area contributed by atoms with E-state index in [-0.39, 0.29) is 0 Å². The Bertz CT molecular complexity index is 154. The van der Waals surface area contributed by atoms with Crippen LogP contribution in [0.1, 0.15) is 51.4 Å². The third-order valence-electron chi connectivity index (χ3n) is 3.71. The first-order valence-corrected chi connectivity index (χ1v) is 5.83. The Balaban J connectivity index is 1.88. The Morgan fingerprint density at radius 2 is 1.54 bits per heavy atom. The molecular weight excluding hydrogens is 162 g/mol. The summed E-state index contributed by atoms with van der Waals surface area (Å²) in [5.74, 6) is 0.791. The van der Waals surface area contributed by atoms with Crippen LogP contribution in [-0.2, 0) is 0 Å². The van der Waals surface area contributed by atoms with Gasteiger partial charge in [-0.2, -0.15) is 5.06 Å². The monoisotopic (exact) mass is 183 g/mol. The number of hydrogen-bond donors (Lipinski definition) is 1. The summed E-state index contributed by atoms with van der Waals surface area (Å²) >= 11 is 0. The maximum atomic E-state index is 9.75. The maximum absolute atomic E-state index is 9.75. The van der Waals surface area contributed by atoms with E-state index < -0.39 is 0 Å². The highest BCUT2D eigenvalue weighted by Crippen LogP contribution is 2.32. The number of rotatable bonds is 1. The molecule has 1 atom stereocenters. The fourth-order valence-corrected chi connectivity index (χ4v) is 2.94. The smallest absolute Gasteiger partial charge is 0.0378 e. The standard InChI is InChI=1S/C11H21NO/c13-12-9-5-4-8-11(12)10-6-2-1-3-7-10/h10-11,13H,1-9H2. The van der Waals surface area contributed by atoms with E-state index in [9.17, 15) is 5.21 Å². The number of hydrogen-bond acceptors (Lipinski definition) is 2. The molecule has 1 unspecified atom stereocenters. The van der Waals surface area contributed by atoms with Gasteiger partial charge in [-0.1, -0.05) is 25.7 Å². The molecule has 1 saturated heterocycles. The summed E-state index contributed by atoms with van der Waals surface area (Å²) in [6.07, 6.45) is 10.6. The third-order valence-corrected chi connectivity index (χ3v) is 3.71. The van der Waals surface area contributed by atoms with Crippen molar-refractivity contribution in [1.29, 1.82) is 0 Å². The molecule has 2 heteroatoms. The van der Waals surface area contributed by atoms with E-state index in [1.54, 1.807) is 5.06 Å². The van der Waals surface area contributed by atoms with Gasteiger partial charge < -0.3 is 5.21 Å². The van der Waals surface area contributed by atoms with Crippen molar-refractivity contribution < 1.29 is 5.21 Å². The Kier molecular flexibility index (Phi) is 3.23.